The van der Waals surface area contributed by atoms with Gasteiger partial charge in [0.1, 0.15) is 5.82 Å². The lowest BCUT2D eigenvalue weighted by atomic mass is 9.93. The molecule has 2 aromatic carbocycles. The van der Waals surface area contributed by atoms with Gasteiger partial charge in [-0.15, -0.1) is 0 Å². The average Bonchev–Trinajstić information content (AvgIpc) is 2.86. The number of benzene rings is 2. The quantitative estimate of drug-likeness (QED) is 0.240. The molecule has 1 aliphatic heterocycles. The van der Waals surface area contributed by atoms with Crippen LogP contribution in [-0.4, -0.2) is 47.5 Å². The first-order valence-corrected chi connectivity index (χ1v) is 14.2. The first-order chi connectivity index (χ1) is 18.4. The molecular formula is C27H25BrCl3F2N3O3. The molecule has 39 heavy (non-hydrogen) atoms. The Morgan fingerprint density at radius 3 is 2.62 bits per heavy atom. The largest absolute Gasteiger partial charge is 0.481 e. The number of nitrogens with zero attached hydrogens (tertiary/aromatic N) is 2. The van der Waals surface area contributed by atoms with E-state index in [0.717, 1.165) is 4.47 Å². The highest BCUT2D eigenvalue weighted by atomic mass is 79.9. The number of fused-ring (bicyclic) bond motifs is 1. The molecule has 1 atom stereocenters. The number of nitrogens with one attached hydrogen (secondary N) is 1. The number of aliphatic carboxylic acids is 1. The van der Waals surface area contributed by atoms with Crippen LogP contribution in [0.5, 0.6) is 0 Å². The van der Waals surface area contributed by atoms with E-state index in [2.05, 4.69) is 26.2 Å². The number of carboxylic acid groups (broad SMARTS) is 1. The number of piperidine rings is 1. The van der Waals surface area contributed by atoms with E-state index in [1.54, 1.807) is 37.3 Å². The fourth-order valence-electron chi connectivity index (χ4n) is 4.93. The van der Waals surface area contributed by atoms with Gasteiger partial charge < -0.3 is 15.3 Å². The van der Waals surface area contributed by atoms with Gasteiger partial charge in [0.2, 0.25) is 0 Å². The molecule has 0 saturated carbocycles. The second-order valence-corrected chi connectivity index (χ2v) is 11.7. The van der Waals surface area contributed by atoms with E-state index in [4.69, 9.17) is 34.8 Å². The van der Waals surface area contributed by atoms with Gasteiger partial charge >= 0.3 is 5.97 Å². The summed E-state index contributed by atoms with van der Waals surface area (Å²) in [7, 11) is 0. The number of carboxylic acids is 1. The Hall–Kier alpha value is -2.20. The Morgan fingerprint density at radius 1 is 1.21 bits per heavy atom. The number of amides is 1. The van der Waals surface area contributed by atoms with Gasteiger partial charge in [0.15, 0.2) is 0 Å². The van der Waals surface area contributed by atoms with Gasteiger partial charge in [-0.2, -0.15) is 0 Å². The Bertz CT molecular complexity index is 1440. The van der Waals surface area contributed by atoms with E-state index in [1.165, 1.54) is 4.90 Å². The molecule has 12 heteroatoms. The highest BCUT2D eigenvalue weighted by molar-refractivity contribution is 9.10. The molecule has 1 aromatic heterocycles. The molecule has 208 valence electrons. The van der Waals surface area contributed by atoms with Crippen molar-refractivity contribution in [1.29, 1.82) is 0 Å². The lowest BCUT2D eigenvalue weighted by molar-refractivity contribution is -0.137. The minimum Gasteiger partial charge on any atom is -0.481 e. The van der Waals surface area contributed by atoms with Gasteiger partial charge in [-0.1, -0.05) is 50.7 Å². The van der Waals surface area contributed by atoms with Crippen molar-refractivity contribution in [3.63, 3.8) is 0 Å². The molecule has 2 heterocycles. The van der Waals surface area contributed by atoms with Crippen molar-refractivity contribution in [2.24, 2.45) is 0 Å². The SMILES string of the molecule is Cc1c(N2CCCC(F)(F)C2)nc2ccc(Br)cc2c1C(=O)NC[C@@H](CCC(=O)O)c1c(Cl)ccc(Cl)c1Cl. The summed E-state index contributed by atoms with van der Waals surface area (Å²) in [5.41, 5.74) is 1.70. The van der Waals surface area contributed by atoms with Crippen molar-refractivity contribution in [2.75, 3.05) is 24.5 Å². The van der Waals surface area contributed by atoms with E-state index in [1.807, 2.05) is 0 Å². The van der Waals surface area contributed by atoms with Gasteiger partial charge in [0.25, 0.3) is 11.8 Å². The predicted molar refractivity (Wildman–Crippen MR) is 154 cm³/mol. The first kappa shape index (κ1) is 29.8. The Labute approximate surface area is 247 Å². The fraction of sp³-hybridized carbons (Fsp3) is 0.370. The minimum absolute atomic E-state index is 0.0142. The summed E-state index contributed by atoms with van der Waals surface area (Å²) in [6, 6.07) is 8.36. The second kappa shape index (κ2) is 12.1. The molecule has 0 bridgehead atoms. The van der Waals surface area contributed by atoms with Crippen LogP contribution in [0.15, 0.2) is 34.8 Å². The van der Waals surface area contributed by atoms with Crippen molar-refractivity contribution in [3.05, 3.63) is 66.6 Å². The lowest BCUT2D eigenvalue weighted by Crippen LogP contribution is -2.43. The van der Waals surface area contributed by atoms with Crippen LogP contribution in [0.2, 0.25) is 15.1 Å². The molecule has 1 amide bonds. The maximum atomic E-state index is 14.3. The molecule has 6 nitrogen and oxygen atoms in total. The van der Waals surface area contributed by atoms with Crippen molar-refractivity contribution in [3.8, 4) is 0 Å². The highest BCUT2D eigenvalue weighted by Crippen LogP contribution is 2.39. The third kappa shape index (κ3) is 6.76. The van der Waals surface area contributed by atoms with E-state index in [-0.39, 0.29) is 35.9 Å². The fourth-order valence-corrected chi connectivity index (χ4v) is 6.14. The van der Waals surface area contributed by atoms with Gasteiger partial charge in [0, 0.05) is 52.3 Å². The maximum absolute atomic E-state index is 14.3. The summed E-state index contributed by atoms with van der Waals surface area (Å²) < 4.78 is 29.2. The number of hydrogen-bond acceptors (Lipinski definition) is 4. The topological polar surface area (TPSA) is 82.5 Å². The zero-order valence-corrected chi connectivity index (χ0v) is 24.7. The predicted octanol–water partition coefficient (Wildman–Crippen LogP) is 7.88. The maximum Gasteiger partial charge on any atom is 0.303 e. The van der Waals surface area contributed by atoms with Crippen LogP contribution < -0.4 is 10.2 Å². The Kier molecular flexibility index (Phi) is 9.26. The van der Waals surface area contributed by atoms with Gasteiger partial charge in [-0.25, -0.2) is 13.8 Å². The van der Waals surface area contributed by atoms with Gasteiger partial charge in [-0.05, 0) is 55.7 Å². The summed E-state index contributed by atoms with van der Waals surface area (Å²) in [6.45, 7) is 1.62. The number of pyridine rings is 1. The molecule has 2 N–H and O–H groups in total. The molecule has 0 spiro atoms. The van der Waals surface area contributed by atoms with Crippen LogP contribution in [0.4, 0.5) is 14.6 Å². The normalized spacial score (nSPS) is 15.8. The number of rotatable bonds is 8. The molecule has 0 aliphatic carbocycles. The number of carbonyl (C=O) groups excluding carboxylic acids is 1. The summed E-state index contributed by atoms with van der Waals surface area (Å²) >= 11 is 22.5. The lowest BCUT2D eigenvalue weighted by Gasteiger charge is -2.34. The number of hydrogen-bond donors (Lipinski definition) is 2. The summed E-state index contributed by atoms with van der Waals surface area (Å²) in [5, 5.41) is 13.5. The number of halogens is 6. The summed E-state index contributed by atoms with van der Waals surface area (Å²) in [5.74, 6) is -4.54. The molecule has 3 aromatic rings. The monoisotopic (exact) mass is 661 g/mol. The van der Waals surface area contributed by atoms with E-state index < -0.39 is 30.3 Å². The van der Waals surface area contributed by atoms with E-state index in [9.17, 15) is 23.5 Å². The van der Waals surface area contributed by atoms with Crippen molar-refractivity contribution >= 4 is 79.3 Å². The van der Waals surface area contributed by atoms with Crippen LogP contribution in [0.3, 0.4) is 0 Å². The van der Waals surface area contributed by atoms with Crippen LogP contribution >= 0.6 is 50.7 Å². The molecule has 4 rings (SSSR count). The van der Waals surface area contributed by atoms with Crippen LogP contribution in [0.1, 0.15) is 53.1 Å². The van der Waals surface area contributed by atoms with Crippen LogP contribution in [0, 0.1) is 6.92 Å². The molecule has 1 aliphatic rings. The first-order valence-electron chi connectivity index (χ1n) is 12.2. The second-order valence-electron chi connectivity index (χ2n) is 9.57. The third-order valence-electron chi connectivity index (χ3n) is 6.79. The molecule has 0 radical (unpaired) electrons. The molecule has 1 fully saturated rings. The Morgan fingerprint density at radius 2 is 1.92 bits per heavy atom. The number of aromatic nitrogens is 1. The molecule has 0 unspecified atom stereocenters. The third-order valence-corrected chi connectivity index (χ3v) is 8.43. The van der Waals surface area contributed by atoms with Crippen molar-refractivity contribution < 1.29 is 23.5 Å². The number of carbonyl (C=O) groups is 2. The van der Waals surface area contributed by atoms with Crippen LogP contribution in [0.25, 0.3) is 10.9 Å². The van der Waals surface area contributed by atoms with Gasteiger partial charge in [-0.3, -0.25) is 9.59 Å². The van der Waals surface area contributed by atoms with Gasteiger partial charge in [0.05, 0.1) is 27.7 Å². The standard InChI is InChI=1S/C27H25BrCl3F2N3O3/c1-14-22(17-11-16(28)4-7-20(17)35-25(14)36-10-2-9-27(32,33)13-36)26(39)34-12-15(3-8-21(37)38)23-18(29)5-6-19(30)24(23)31/h4-7,11,15H,2-3,8-10,12-13H2,1H3,(H,34,39)(H,37,38)/t15-/m1/s1. The number of alkyl halides is 2. The van der Waals surface area contributed by atoms with Crippen molar-refractivity contribution in [2.45, 2.75) is 44.4 Å². The Balaban J connectivity index is 1.72. The molecule has 1 saturated heterocycles. The van der Waals surface area contributed by atoms with E-state index >= 15 is 0 Å². The summed E-state index contributed by atoms with van der Waals surface area (Å²) in [4.78, 5) is 31.2. The minimum atomic E-state index is -2.85. The number of anilines is 1. The highest BCUT2D eigenvalue weighted by Gasteiger charge is 2.37. The van der Waals surface area contributed by atoms with Crippen molar-refractivity contribution in [1.82, 2.24) is 10.3 Å². The molecular weight excluding hydrogens is 639 g/mol. The van der Waals surface area contributed by atoms with Crippen LogP contribution in [-0.2, 0) is 4.79 Å². The summed E-state index contributed by atoms with van der Waals surface area (Å²) in [6.07, 6.45) is 0.0749. The zero-order chi connectivity index (χ0) is 28.5. The average molecular weight is 664 g/mol. The smallest absolute Gasteiger partial charge is 0.303 e. The van der Waals surface area contributed by atoms with E-state index in [0.29, 0.717) is 51.4 Å². The zero-order valence-electron chi connectivity index (χ0n) is 20.8.